The minimum absolute atomic E-state index is 0.110. The van der Waals surface area contributed by atoms with E-state index in [2.05, 4.69) is 19.6 Å². The molecule has 0 saturated carbocycles. The van der Waals surface area contributed by atoms with Crippen molar-refractivity contribution in [3.05, 3.63) is 22.3 Å². The summed E-state index contributed by atoms with van der Waals surface area (Å²) < 4.78 is 11.0. The highest BCUT2D eigenvalue weighted by Crippen LogP contribution is 2.59. The first-order chi connectivity index (χ1) is 11.7. The fourth-order valence-electron chi connectivity index (χ4n) is 5.33. The van der Waals surface area contributed by atoms with Crippen LogP contribution in [0.3, 0.4) is 0 Å². The van der Waals surface area contributed by atoms with E-state index < -0.39 is 38.0 Å². The standard InChI is InChI=1S/C18H21NO5Si/c1-19-6-8-10-7(5-9(25(2,3)4)11(8)16(19)20)14-12-13(15(10)23-14)18(22)24-17(12)21/h9,12-15H,5-6H2,1-4H3/t9-,12-,13+,14+,15-/m0/s1. The van der Waals surface area contributed by atoms with Gasteiger partial charge in [-0.25, -0.2) is 0 Å². The van der Waals surface area contributed by atoms with Gasteiger partial charge in [0.15, 0.2) is 0 Å². The Balaban J connectivity index is 1.67. The second kappa shape index (κ2) is 4.51. The zero-order valence-corrected chi connectivity index (χ0v) is 15.8. The van der Waals surface area contributed by atoms with Crippen LogP contribution in [0.15, 0.2) is 22.3 Å². The van der Waals surface area contributed by atoms with Gasteiger partial charge in [0, 0.05) is 19.2 Å². The average molecular weight is 359 g/mol. The molecule has 0 spiro atoms. The number of nitrogens with zero attached hydrogens (tertiary/aromatic N) is 1. The van der Waals surface area contributed by atoms with Crippen LogP contribution in [0.2, 0.25) is 25.2 Å². The number of carbonyl (C=O) groups is 3. The molecule has 1 aliphatic carbocycles. The van der Waals surface area contributed by atoms with Crippen molar-refractivity contribution in [3.63, 3.8) is 0 Å². The summed E-state index contributed by atoms with van der Waals surface area (Å²) in [5.74, 6) is -1.83. The maximum atomic E-state index is 12.8. The number of amides is 1. The third kappa shape index (κ3) is 1.75. The van der Waals surface area contributed by atoms with E-state index in [9.17, 15) is 14.4 Å². The van der Waals surface area contributed by atoms with E-state index in [1.807, 2.05) is 7.05 Å². The Morgan fingerprint density at radius 2 is 1.64 bits per heavy atom. The van der Waals surface area contributed by atoms with Crippen LogP contribution >= 0.6 is 0 Å². The summed E-state index contributed by atoms with van der Waals surface area (Å²) in [5.41, 5.74) is 4.39. The van der Waals surface area contributed by atoms with Crippen LogP contribution in [0.25, 0.3) is 0 Å². The molecule has 1 amide bonds. The van der Waals surface area contributed by atoms with Crippen molar-refractivity contribution in [2.75, 3.05) is 13.6 Å². The van der Waals surface area contributed by atoms with Crippen molar-refractivity contribution >= 4 is 25.9 Å². The highest BCUT2D eigenvalue weighted by molar-refractivity contribution is 6.78. The van der Waals surface area contributed by atoms with Crippen molar-refractivity contribution in [2.24, 2.45) is 11.8 Å². The molecular formula is C18H21NO5Si. The molecule has 0 unspecified atom stereocenters. The molecule has 132 valence electrons. The van der Waals surface area contributed by atoms with Crippen molar-refractivity contribution in [1.82, 2.24) is 4.90 Å². The molecule has 4 heterocycles. The van der Waals surface area contributed by atoms with E-state index in [0.717, 1.165) is 28.7 Å². The Labute approximate surface area is 146 Å². The van der Waals surface area contributed by atoms with Gasteiger partial charge in [-0.1, -0.05) is 19.6 Å². The third-order valence-electron chi connectivity index (χ3n) is 6.49. The number of esters is 2. The normalized spacial score (nSPS) is 39.3. The lowest BCUT2D eigenvalue weighted by Gasteiger charge is -2.37. The SMILES string of the molecule is CN1CC2=C(C1=O)[C@@H]([Si](C)(C)C)CC1=C2[C@@H]2O[C@H]1[C@H]1C(=O)OC(=O)[C@H]12. The molecule has 7 heteroatoms. The van der Waals surface area contributed by atoms with Gasteiger partial charge in [-0.2, -0.15) is 0 Å². The van der Waals surface area contributed by atoms with Gasteiger partial charge in [0.05, 0.1) is 20.3 Å². The van der Waals surface area contributed by atoms with Crippen LogP contribution in [-0.4, -0.2) is 56.6 Å². The Morgan fingerprint density at radius 3 is 2.28 bits per heavy atom. The van der Waals surface area contributed by atoms with Crippen LogP contribution in [0, 0.1) is 11.8 Å². The van der Waals surface area contributed by atoms with Gasteiger partial charge >= 0.3 is 11.9 Å². The Hall–Kier alpha value is -1.73. The lowest BCUT2D eigenvalue weighted by molar-refractivity contribution is -0.156. The molecule has 0 N–H and O–H groups in total. The number of hydrogen-bond acceptors (Lipinski definition) is 5. The van der Waals surface area contributed by atoms with Crippen LogP contribution in [0.5, 0.6) is 0 Å². The molecule has 0 aromatic heterocycles. The molecule has 0 aromatic carbocycles. The van der Waals surface area contributed by atoms with Crippen molar-refractivity contribution in [3.8, 4) is 0 Å². The van der Waals surface area contributed by atoms with E-state index in [1.165, 1.54) is 0 Å². The second-order valence-corrected chi connectivity index (χ2v) is 14.3. The van der Waals surface area contributed by atoms with E-state index >= 15 is 0 Å². The van der Waals surface area contributed by atoms with Crippen LogP contribution in [0.1, 0.15) is 6.42 Å². The second-order valence-electron chi connectivity index (χ2n) is 8.88. The Morgan fingerprint density at radius 1 is 1.00 bits per heavy atom. The van der Waals surface area contributed by atoms with Gasteiger partial charge in [0.25, 0.3) is 0 Å². The molecule has 2 saturated heterocycles. The molecule has 5 rings (SSSR count). The number of rotatable bonds is 1. The fraction of sp³-hybridized carbons (Fsp3) is 0.611. The molecule has 4 aliphatic heterocycles. The quantitative estimate of drug-likeness (QED) is 0.400. The third-order valence-corrected chi connectivity index (χ3v) is 9.08. The molecule has 25 heavy (non-hydrogen) atoms. The van der Waals surface area contributed by atoms with Crippen molar-refractivity contribution < 1.29 is 23.9 Å². The van der Waals surface area contributed by atoms with Crippen LogP contribution < -0.4 is 0 Å². The topological polar surface area (TPSA) is 72.9 Å². The number of cyclic esters (lactones) is 2. The first kappa shape index (κ1) is 15.5. The predicted octanol–water partition coefficient (Wildman–Crippen LogP) is 1.26. The van der Waals surface area contributed by atoms with Crippen LogP contribution in [0.4, 0.5) is 0 Å². The van der Waals surface area contributed by atoms with E-state index in [-0.39, 0.29) is 17.6 Å². The minimum atomic E-state index is -1.64. The average Bonchev–Trinajstić information content (AvgIpc) is 3.21. The molecule has 2 fully saturated rings. The summed E-state index contributed by atoms with van der Waals surface area (Å²) in [6.07, 6.45) is 0.00341. The molecule has 0 aromatic rings. The van der Waals surface area contributed by atoms with Gasteiger partial charge < -0.3 is 14.4 Å². The first-order valence-corrected chi connectivity index (χ1v) is 12.4. The summed E-state index contributed by atoms with van der Waals surface area (Å²) in [6.45, 7) is 7.41. The Kier molecular flexibility index (Phi) is 2.80. The molecule has 5 atom stereocenters. The molecule has 0 radical (unpaired) electrons. The van der Waals surface area contributed by atoms with Gasteiger partial charge in [-0.3, -0.25) is 14.4 Å². The van der Waals surface area contributed by atoms with Crippen LogP contribution in [-0.2, 0) is 23.9 Å². The lowest BCUT2D eigenvalue weighted by atomic mass is 9.71. The van der Waals surface area contributed by atoms with Crippen molar-refractivity contribution in [2.45, 2.75) is 43.8 Å². The highest BCUT2D eigenvalue weighted by atomic mass is 28.3. The lowest BCUT2D eigenvalue weighted by Crippen LogP contribution is -2.39. The number of ether oxygens (including phenoxy) is 2. The maximum absolute atomic E-state index is 12.8. The zero-order chi connectivity index (χ0) is 17.8. The zero-order valence-electron chi connectivity index (χ0n) is 14.8. The predicted molar refractivity (Wildman–Crippen MR) is 90.1 cm³/mol. The van der Waals surface area contributed by atoms with Gasteiger partial charge in [-0.15, -0.1) is 0 Å². The highest BCUT2D eigenvalue weighted by Gasteiger charge is 2.66. The number of likely N-dealkylation sites (N-methyl/N-ethyl adjacent to an activating group) is 1. The number of carbonyl (C=O) groups excluding carboxylic acids is 3. The molecular weight excluding hydrogens is 338 g/mol. The van der Waals surface area contributed by atoms with E-state index in [0.29, 0.717) is 6.54 Å². The monoisotopic (exact) mass is 359 g/mol. The van der Waals surface area contributed by atoms with Gasteiger partial charge in [-0.05, 0) is 28.7 Å². The summed E-state index contributed by atoms with van der Waals surface area (Å²) >= 11 is 0. The largest absolute Gasteiger partial charge is 0.393 e. The summed E-state index contributed by atoms with van der Waals surface area (Å²) in [7, 11) is 0.182. The van der Waals surface area contributed by atoms with Gasteiger partial charge in [0.1, 0.15) is 11.8 Å². The summed E-state index contributed by atoms with van der Waals surface area (Å²) in [5, 5.41) is 0. The molecule has 2 bridgehead atoms. The minimum Gasteiger partial charge on any atom is -0.393 e. The maximum Gasteiger partial charge on any atom is 0.320 e. The van der Waals surface area contributed by atoms with Gasteiger partial charge in [0.2, 0.25) is 5.91 Å². The van der Waals surface area contributed by atoms with E-state index in [4.69, 9.17) is 9.47 Å². The number of hydrogen-bond donors (Lipinski definition) is 0. The summed E-state index contributed by atoms with van der Waals surface area (Å²) in [6, 6.07) is 0. The smallest absolute Gasteiger partial charge is 0.320 e. The molecule has 6 nitrogen and oxygen atoms in total. The number of fused-ring (bicyclic) bond motifs is 8. The first-order valence-electron chi connectivity index (χ1n) is 8.83. The summed E-state index contributed by atoms with van der Waals surface area (Å²) in [4.78, 5) is 38.8. The Bertz CT molecular complexity index is 820. The van der Waals surface area contributed by atoms with Crippen molar-refractivity contribution in [1.29, 1.82) is 0 Å². The fourth-order valence-corrected chi connectivity index (χ4v) is 7.33. The molecule has 5 aliphatic rings. The van der Waals surface area contributed by atoms with E-state index in [1.54, 1.807) is 4.90 Å².